The Balaban J connectivity index is 2.20. The standard InChI is InChI=1S/C13H15NO4/c14-5-4-10(15)13(16)9-2-3-11-12(8-9)18-7-1-6-17-11/h2-3,8,10,13,15-16H,1,4,6-7H2. The monoisotopic (exact) mass is 249 g/mol. The highest BCUT2D eigenvalue weighted by Crippen LogP contribution is 2.33. The summed E-state index contributed by atoms with van der Waals surface area (Å²) in [5.41, 5.74) is 0.516. The van der Waals surface area contributed by atoms with Crippen molar-refractivity contribution in [1.82, 2.24) is 0 Å². The van der Waals surface area contributed by atoms with Crippen molar-refractivity contribution in [1.29, 1.82) is 5.26 Å². The Labute approximate surface area is 105 Å². The van der Waals surface area contributed by atoms with Crippen LogP contribution >= 0.6 is 0 Å². The van der Waals surface area contributed by atoms with Crippen molar-refractivity contribution in [2.45, 2.75) is 25.0 Å². The first kappa shape index (κ1) is 12.7. The predicted molar refractivity (Wildman–Crippen MR) is 63.2 cm³/mol. The molecule has 1 heterocycles. The molecule has 0 amide bonds. The van der Waals surface area contributed by atoms with Crippen molar-refractivity contribution < 1.29 is 19.7 Å². The molecule has 1 aliphatic rings. The van der Waals surface area contributed by atoms with E-state index in [9.17, 15) is 10.2 Å². The maximum absolute atomic E-state index is 9.89. The van der Waals surface area contributed by atoms with Crippen LogP contribution in [0.25, 0.3) is 0 Å². The third kappa shape index (κ3) is 2.73. The lowest BCUT2D eigenvalue weighted by atomic mass is 10.0. The molecule has 1 aromatic carbocycles. The summed E-state index contributed by atoms with van der Waals surface area (Å²) in [4.78, 5) is 0. The minimum absolute atomic E-state index is 0.115. The molecule has 2 N–H and O–H groups in total. The number of aliphatic hydroxyl groups is 2. The average Bonchev–Trinajstić information content (AvgIpc) is 2.62. The van der Waals surface area contributed by atoms with Crippen molar-refractivity contribution in [2.75, 3.05) is 13.2 Å². The average molecular weight is 249 g/mol. The number of benzene rings is 1. The molecule has 0 radical (unpaired) electrons. The van der Waals surface area contributed by atoms with E-state index in [0.29, 0.717) is 30.3 Å². The van der Waals surface area contributed by atoms with Gasteiger partial charge in [0.15, 0.2) is 11.5 Å². The molecule has 1 aliphatic heterocycles. The van der Waals surface area contributed by atoms with Gasteiger partial charge in [0.05, 0.1) is 31.8 Å². The number of nitrogens with zero attached hydrogens (tertiary/aromatic N) is 1. The molecule has 2 atom stereocenters. The summed E-state index contributed by atoms with van der Waals surface area (Å²) in [6.07, 6.45) is -1.50. The van der Waals surface area contributed by atoms with Gasteiger partial charge in [-0.2, -0.15) is 5.26 Å². The fourth-order valence-corrected chi connectivity index (χ4v) is 1.79. The quantitative estimate of drug-likeness (QED) is 0.839. The highest BCUT2D eigenvalue weighted by atomic mass is 16.5. The van der Waals surface area contributed by atoms with E-state index in [-0.39, 0.29) is 6.42 Å². The summed E-state index contributed by atoms with van der Waals surface area (Å²) in [7, 11) is 0. The lowest BCUT2D eigenvalue weighted by Crippen LogP contribution is -2.17. The van der Waals surface area contributed by atoms with Gasteiger partial charge in [0, 0.05) is 6.42 Å². The Hall–Kier alpha value is -1.77. The van der Waals surface area contributed by atoms with Crippen LogP contribution in [0.2, 0.25) is 0 Å². The fourth-order valence-electron chi connectivity index (χ4n) is 1.79. The summed E-state index contributed by atoms with van der Waals surface area (Å²) < 4.78 is 11.0. The third-order valence-electron chi connectivity index (χ3n) is 2.78. The second kappa shape index (κ2) is 5.71. The van der Waals surface area contributed by atoms with E-state index in [1.165, 1.54) is 0 Å². The minimum atomic E-state index is -1.10. The summed E-state index contributed by atoms with van der Waals surface area (Å²) in [6, 6.07) is 6.84. The van der Waals surface area contributed by atoms with Gasteiger partial charge < -0.3 is 19.7 Å². The van der Waals surface area contributed by atoms with Crippen LogP contribution in [0, 0.1) is 11.3 Å². The van der Waals surface area contributed by atoms with E-state index in [1.807, 2.05) is 6.07 Å². The molecular weight excluding hydrogens is 234 g/mol. The molecule has 2 unspecified atom stereocenters. The number of nitriles is 1. The van der Waals surface area contributed by atoms with E-state index in [0.717, 1.165) is 6.42 Å². The maximum atomic E-state index is 9.89. The highest BCUT2D eigenvalue weighted by molar-refractivity contribution is 5.44. The smallest absolute Gasteiger partial charge is 0.161 e. The van der Waals surface area contributed by atoms with Gasteiger partial charge in [0.1, 0.15) is 6.10 Å². The second-order valence-corrected chi connectivity index (χ2v) is 4.13. The molecule has 0 saturated carbocycles. The van der Waals surface area contributed by atoms with E-state index >= 15 is 0 Å². The lowest BCUT2D eigenvalue weighted by Gasteiger charge is -2.17. The molecule has 0 aliphatic carbocycles. The van der Waals surface area contributed by atoms with Gasteiger partial charge in [-0.3, -0.25) is 0 Å². The van der Waals surface area contributed by atoms with Crippen LogP contribution in [0.4, 0.5) is 0 Å². The van der Waals surface area contributed by atoms with Crippen molar-refractivity contribution in [3.8, 4) is 17.6 Å². The SMILES string of the molecule is N#CCC(O)C(O)c1ccc2c(c1)OCCCO2. The van der Waals surface area contributed by atoms with Crippen LogP contribution in [-0.4, -0.2) is 29.5 Å². The van der Waals surface area contributed by atoms with Crippen LogP contribution in [0.5, 0.6) is 11.5 Å². The molecule has 1 aromatic rings. The van der Waals surface area contributed by atoms with Crippen LogP contribution in [-0.2, 0) is 0 Å². The van der Waals surface area contributed by atoms with Crippen molar-refractivity contribution in [3.05, 3.63) is 23.8 Å². The summed E-state index contributed by atoms with van der Waals surface area (Å²) >= 11 is 0. The normalized spacial score (nSPS) is 17.4. The summed E-state index contributed by atoms with van der Waals surface area (Å²) in [5, 5.41) is 28.0. The number of hydrogen-bond acceptors (Lipinski definition) is 5. The van der Waals surface area contributed by atoms with Gasteiger partial charge in [0.2, 0.25) is 0 Å². The first-order valence-corrected chi connectivity index (χ1v) is 5.85. The third-order valence-corrected chi connectivity index (χ3v) is 2.78. The molecule has 5 nitrogen and oxygen atoms in total. The first-order valence-electron chi connectivity index (χ1n) is 5.85. The van der Waals surface area contributed by atoms with E-state index in [4.69, 9.17) is 14.7 Å². The fraction of sp³-hybridized carbons (Fsp3) is 0.462. The molecule has 96 valence electrons. The first-order chi connectivity index (χ1) is 8.72. The van der Waals surface area contributed by atoms with Crippen LogP contribution in [0.3, 0.4) is 0 Å². The Morgan fingerprint density at radius 1 is 1.22 bits per heavy atom. The zero-order valence-corrected chi connectivity index (χ0v) is 9.87. The van der Waals surface area contributed by atoms with Gasteiger partial charge >= 0.3 is 0 Å². The van der Waals surface area contributed by atoms with Gasteiger partial charge in [0.25, 0.3) is 0 Å². The predicted octanol–water partition coefficient (Wildman–Crippen LogP) is 1.16. The lowest BCUT2D eigenvalue weighted by molar-refractivity contribution is 0.0215. The van der Waals surface area contributed by atoms with Crippen LogP contribution in [0.15, 0.2) is 18.2 Å². The van der Waals surface area contributed by atoms with E-state index in [1.54, 1.807) is 18.2 Å². The van der Waals surface area contributed by atoms with Crippen molar-refractivity contribution in [2.24, 2.45) is 0 Å². The number of ether oxygens (including phenoxy) is 2. The van der Waals surface area contributed by atoms with Gasteiger partial charge in [-0.05, 0) is 17.7 Å². The number of rotatable bonds is 3. The molecule has 18 heavy (non-hydrogen) atoms. The van der Waals surface area contributed by atoms with Crippen molar-refractivity contribution >= 4 is 0 Å². The Kier molecular flexibility index (Phi) is 4.03. The maximum Gasteiger partial charge on any atom is 0.161 e. The topological polar surface area (TPSA) is 82.7 Å². The Morgan fingerprint density at radius 3 is 2.67 bits per heavy atom. The number of hydrogen-bond donors (Lipinski definition) is 2. The Morgan fingerprint density at radius 2 is 1.94 bits per heavy atom. The summed E-state index contributed by atoms with van der Waals surface area (Å²) in [6.45, 7) is 1.17. The van der Waals surface area contributed by atoms with Gasteiger partial charge in [-0.15, -0.1) is 0 Å². The van der Waals surface area contributed by atoms with Gasteiger partial charge in [-0.1, -0.05) is 6.07 Å². The van der Waals surface area contributed by atoms with E-state index < -0.39 is 12.2 Å². The molecule has 0 spiro atoms. The molecule has 2 rings (SSSR count). The van der Waals surface area contributed by atoms with Crippen LogP contribution in [0.1, 0.15) is 24.5 Å². The number of aliphatic hydroxyl groups excluding tert-OH is 2. The Bertz CT molecular complexity index is 455. The number of fused-ring (bicyclic) bond motifs is 1. The molecular formula is C13H15NO4. The van der Waals surface area contributed by atoms with E-state index in [2.05, 4.69) is 0 Å². The minimum Gasteiger partial charge on any atom is -0.490 e. The molecule has 5 heteroatoms. The molecule has 0 aromatic heterocycles. The van der Waals surface area contributed by atoms with Crippen molar-refractivity contribution in [3.63, 3.8) is 0 Å². The van der Waals surface area contributed by atoms with Gasteiger partial charge in [-0.25, -0.2) is 0 Å². The molecule has 0 fully saturated rings. The molecule has 0 bridgehead atoms. The largest absolute Gasteiger partial charge is 0.490 e. The highest BCUT2D eigenvalue weighted by Gasteiger charge is 2.20. The second-order valence-electron chi connectivity index (χ2n) is 4.13. The molecule has 0 saturated heterocycles. The summed E-state index contributed by atoms with van der Waals surface area (Å²) in [5.74, 6) is 1.20. The van der Waals surface area contributed by atoms with Crippen LogP contribution < -0.4 is 9.47 Å². The zero-order valence-electron chi connectivity index (χ0n) is 9.87. The zero-order chi connectivity index (χ0) is 13.0.